The molecular weight excluding hydrogens is 266 g/mol. The summed E-state index contributed by atoms with van der Waals surface area (Å²) in [6.45, 7) is 8.58. The van der Waals surface area contributed by atoms with Gasteiger partial charge in [-0.05, 0) is 30.7 Å². The normalized spacial score (nSPS) is 12.2. The van der Waals surface area contributed by atoms with Crippen molar-refractivity contribution in [1.82, 2.24) is 4.90 Å². The van der Waals surface area contributed by atoms with Crippen molar-refractivity contribution in [2.75, 3.05) is 37.8 Å². The highest BCUT2D eigenvalue weighted by Crippen LogP contribution is 2.26. The average molecular weight is 293 g/mol. The molecule has 1 unspecified atom stereocenters. The fourth-order valence-electron chi connectivity index (χ4n) is 2.09. The predicted molar refractivity (Wildman–Crippen MR) is 87.6 cm³/mol. The number of nitrogens with two attached hydrogens (primary N) is 1. The first-order chi connectivity index (χ1) is 9.99. The Balaban J connectivity index is 2.66. The molecule has 0 fully saturated rings. The van der Waals surface area contributed by atoms with E-state index in [9.17, 15) is 4.79 Å². The number of methoxy groups -OCH3 is 1. The van der Waals surface area contributed by atoms with Crippen LogP contribution in [0.4, 0.5) is 11.4 Å². The molecule has 3 N–H and O–H groups in total. The molecule has 21 heavy (non-hydrogen) atoms. The SMILES string of the molecule is CCC(C)CN(CC)CC(=O)Nc1cc(N)ccc1OC. The number of nitrogens with zero attached hydrogens (tertiary/aromatic N) is 1. The van der Waals surface area contributed by atoms with Gasteiger partial charge in [-0.2, -0.15) is 0 Å². The number of hydrogen-bond donors (Lipinski definition) is 2. The van der Waals surface area contributed by atoms with E-state index in [0.717, 1.165) is 19.5 Å². The lowest BCUT2D eigenvalue weighted by Gasteiger charge is -2.23. The Morgan fingerprint density at radius 3 is 2.71 bits per heavy atom. The highest BCUT2D eigenvalue weighted by molar-refractivity contribution is 5.94. The Kier molecular flexibility index (Phi) is 7.02. The highest BCUT2D eigenvalue weighted by atomic mass is 16.5. The van der Waals surface area contributed by atoms with E-state index in [4.69, 9.17) is 10.5 Å². The summed E-state index contributed by atoms with van der Waals surface area (Å²) in [5.41, 5.74) is 6.96. The van der Waals surface area contributed by atoms with Gasteiger partial charge in [0, 0.05) is 12.2 Å². The second-order valence-corrected chi connectivity index (χ2v) is 5.35. The standard InChI is InChI=1S/C16H27N3O2/c1-5-12(3)10-19(6-2)11-16(20)18-14-9-13(17)7-8-15(14)21-4/h7-9,12H,5-6,10-11,17H2,1-4H3,(H,18,20). The molecule has 0 aliphatic carbocycles. The molecule has 5 nitrogen and oxygen atoms in total. The Bertz CT molecular complexity index is 463. The van der Waals surface area contributed by atoms with E-state index >= 15 is 0 Å². The first kappa shape index (κ1) is 17.3. The number of anilines is 2. The number of nitrogens with one attached hydrogen (secondary N) is 1. The monoisotopic (exact) mass is 293 g/mol. The third-order valence-corrected chi connectivity index (χ3v) is 3.58. The van der Waals surface area contributed by atoms with Crippen molar-refractivity contribution in [2.45, 2.75) is 27.2 Å². The fourth-order valence-corrected chi connectivity index (χ4v) is 2.09. The van der Waals surface area contributed by atoms with E-state index in [-0.39, 0.29) is 5.91 Å². The van der Waals surface area contributed by atoms with Crippen LogP contribution >= 0.6 is 0 Å². The number of hydrogen-bond acceptors (Lipinski definition) is 4. The Morgan fingerprint density at radius 2 is 2.14 bits per heavy atom. The van der Waals surface area contributed by atoms with Crippen LogP contribution in [0.2, 0.25) is 0 Å². The third kappa shape index (κ3) is 5.63. The number of nitrogen functional groups attached to an aromatic ring is 1. The van der Waals surface area contributed by atoms with Crippen LogP contribution in [0.5, 0.6) is 5.75 Å². The minimum atomic E-state index is -0.0518. The summed E-state index contributed by atoms with van der Waals surface area (Å²) in [5, 5.41) is 2.87. The van der Waals surface area contributed by atoms with Gasteiger partial charge in [-0.15, -0.1) is 0 Å². The van der Waals surface area contributed by atoms with E-state index in [1.54, 1.807) is 25.3 Å². The summed E-state index contributed by atoms with van der Waals surface area (Å²) in [6, 6.07) is 5.21. The molecule has 0 bridgehead atoms. The molecule has 1 aromatic rings. The van der Waals surface area contributed by atoms with Gasteiger partial charge in [0.15, 0.2) is 0 Å². The van der Waals surface area contributed by atoms with Crippen LogP contribution in [0.15, 0.2) is 18.2 Å². The largest absolute Gasteiger partial charge is 0.495 e. The molecule has 118 valence electrons. The van der Waals surface area contributed by atoms with Gasteiger partial charge in [-0.25, -0.2) is 0 Å². The summed E-state index contributed by atoms with van der Waals surface area (Å²) in [5.74, 6) is 1.14. The van der Waals surface area contributed by atoms with Crippen LogP contribution in [-0.2, 0) is 4.79 Å². The molecule has 0 spiro atoms. The quantitative estimate of drug-likeness (QED) is 0.723. The minimum Gasteiger partial charge on any atom is -0.495 e. The number of benzene rings is 1. The van der Waals surface area contributed by atoms with E-state index in [0.29, 0.717) is 29.6 Å². The van der Waals surface area contributed by atoms with Crippen molar-refractivity contribution in [3.8, 4) is 5.75 Å². The van der Waals surface area contributed by atoms with Crippen LogP contribution in [0.1, 0.15) is 27.2 Å². The number of ether oxygens (including phenoxy) is 1. The maximum Gasteiger partial charge on any atom is 0.238 e. The van der Waals surface area contributed by atoms with E-state index in [1.807, 2.05) is 0 Å². The molecule has 0 saturated heterocycles. The van der Waals surface area contributed by atoms with Gasteiger partial charge in [-0.3, -0.25) is 9.69 Å². The molecule has 0 aliphatic heterocycles. The van der Waals surface area contributed by atoms with E-state index < -0.39 is 0 Å². The number of rotatable bonds is 8. The zero-order chi connectivity index (χ0) is 15.8. The smallest absolute Gasteiger partial charge is 0.238 e. The van der Waals surface area contributed by atoms with Crippen molar-refractivity contribution >= 4 is 17.3 Å². The van der Waals surface area contributed by atoms with E-state index in [2.05, 4.69) is 31.0 Å². The third-order valence-electron chi connectivity index (χ3n) is 3.58. The number of amides is 1. The van der Waals surface area contributed by atoms with Crippen molar-refractivity contribution in [3.05, 3.63) is 18.2 Å². The summed E-state index contributed by atoms with van der Waals surface area (Å²) in [6.07, 6.45) is 1.11. The summed E-state index contributed by atoms with van der Waals surface area (Å²) in [7, 11) is 1.57. The number of likely N-dealkylation sites (N-methyl/N-ethyl adjacent to an activating group) is 1. The lowest BCUT2D eigenvalue weighted by molar-refractivity contribution is -0.117. The Hall–Kier alpha value is -1.75. The molecule has 1 aromatic carbocycles. The molecule has 1 amide bonds. The number of carbonyl (C=O) groups is 1. The molecule has 1 atom stereocenters. The summed E-state index contributed by atoms with van der Waals surface area (Å²) < 4.78 is 5.23. The average Bonchev–Trinajstić information content (AvgIpc) is 2.46. The summed E-state index contributed by atoms with van der Waals surface area (Å²) in [4.78, 5) is 14.3. The van der Waals surface area contributed by atoms with E-state index in [1.165, 1.54) is 0 Å². The molecule has 1 rings (SSSR count). The molecular formula is C16H27N3O2. The lowest BCUT2D eigenvalue weighted by atomic mass is 10.1. The van der Waals surface area contributed by atoms with Gasteiger partial charge in [0.2, 0.25) is 5.91 Å². The van der Waals surface area contributed by atoms with Gasteiger partial charge >= 0.3 is 0 Å². The van der Waals surface area contributed by atoms with Gasteiger partial charge in [0.05, 0.1) is 19.3 Å². The molecule has 0 heterocycles. The second-order valence-electron chi connectivity index (χ2n) is 5.35. The maximum atomic E-state index is 12.2. The van der Waals surface area contributed by atoms with Crippen LogP contribution in [0.3, 0.4) is 0 Å². The van der Waals surface area contributed by atoms with Gasteiger partial charge < -0.3 is 15.8 Å². The molecule has 5 heteroatoms. The first-order valence-electron chi connectivity index (χ1n) is 7.45. The van der Waals surface area contributed by atoms with Crippen molar-refractivity contribution in [1.29, 1.82) is 0 Å². The highest BCUT2D eigenvalue weighted by Gasteiger charge is 2.13. The van der Waals surface area contributed by atoms with Crippen LogP contribution in [0, 0.1) is 5.92 Å². The maximum absolute atomic E-state index is 12.2. The fraction of sp³-hybridized carbons (Fsp3) is 0.562. The Morgan fingerprint density at radius 1 is 1.43 bits per heavy atom. The molecule has 0 radical (unpaired) electrons. The zero-order valence-electron chi connectivity index (χ0n) is 13.5. The van der Waals surface area contributed by atoms with Crippen molar-refractivity contribution in [2.24, 2.45) is 5.92 Å². The second kappa shape index (κ2) is 8.52. The summed E-state index contributed by atoms with van der Waals surface area (Å²) >= 11 is 0. The van der Waals surface area contributed by atoms with Crippen LogP contribution in [-0.4, -0.2) is 37.6 Å². The van der Waals surface area contributed by atoms with Crippen LogP contribution < -0.4 is 15.8 Å². The lowest BCUT2D eigenvalue weighted by Crippen LogP contribution is -2.36. The van der Waals surface area contributed by atoms with Crippen molar-refractivity contribution in [3.63, 3.8) is 0 Å². The molecule has 0 aliphatic rings. The van der Waals surface area contributed by atoms with Gasteiger partial charge in [-0.1, -0.05) is 27.2 Å². The predicted octanol–water partition coefficient (Wildman–Crippen LogP) is 2.58. The number of carbonyl (C=O) groups excluding carboxylic acids is 1. The molecule has 0 saturated carbocycles. The van der Waals surface area contributed by atoms with Gasteiger partial charge in [0.1, 0.15) is 5.75 Å². The topological polar surface area (TPSA) is 67.6 Å². The Labute approximate surface area is 127 Å². The van der Waals surface area contributed by atoms with Gasteiger partial charge in [0.25, 0.3) is 0 Å². The zero-order valence-corrected chi connectivity index (χ0v) is 13.5. The van der Waals surface area contributed by atoms with Crippen molar-refractivity contribution < 1.29 is 9.53 Å². The minimum absolute atomic E-state index is 0.0518. The molecule has 0 aromatic heterocycles. The first-order valence-corrected chi connectivity index (χ1v) is 7.45. The van der Waals surface area contributed by atoms with Crippen LogP contribution in [0.25, 0.3) is 0 Å².